The predicted octanol–water partition coefficient (Wildman–Crippen LogP) is 2.12. The van der Waals surface area contributed by atoms with Gasteiger partial charge in [0, 0.05) is 38.4 Å². The average molecular weight is 317 g/mol. The number of piperazine rings is 1. The minimum atomic E-state index is -0.247. The molecule has 1 heterocycles. The van der Waals surface area contributed by atoms with E-state index in [9.17, 15) is 9.59 Å². The molecule has 0 spiro atoms. The van der Waals surface area contributed by atoms with Crippen LogP contribution in [0.4, 0.5) is 5.69 Å². The van der Waals surface area contributed by atoms with Gasteiger partial charge in [-0.3, -0.25) is 14.5 Å². The van der Waals surface area contributed by atoms with Crippen molar-refractivity contribution in [2.45, 2.75) is 27.2 Å². The van der Waals surface area contributed by atoms with Crippen LogP contribution in [0.15, 0.2) is 24.3 Å². The molecule has 0 radical (unpaired) electrons. The van der Waals surface area contributed by atoms with Crippen molar-refractivity contribution >= 4 is 17.5 Å². The van der Waals surface area contributed by atoms with E-state index in [1.165, 1.54) is 0 Å². The van der Waals surface area contributed by atoms with Crippen molar-refractivity contribution in [2.24, 2.45) is 5.92 Å². The molecule has 1 aromatic rings. The third-order valence-electron chi connectivity index (χ3n) is 4.00. The van der Waals surface area contributed by atoms with Crippen molar-refractivity contribution in [1.29, 1.82) is 0 Å². The van der Waals surface area contributed by atoms with E-state index in [-0.39, 0.29) is 18.2 Å². The van der Waals surface area contributed by atoms with Crippen LogP contribution in [-0.4, -0.2) is 54.3 Å². The second-order valence-electron chi connectivity index (χ2n) is 6.67. The Labute approximate surface area is 138 Å². The fourth-order valence-corrected chi connectivity index (χ4v) is 2.79. The van der Waals surface area contributed by atoms with Crippen LogP contribution in [0, 0.1) is 12.8 Å². The number of hydrogen-bond donors (Lipinski definition) is 1. The SMILES string of the molecule is Cc1ccc(NC(=O)CC(=O)N2CCN(CC(C)C)CC2)cc1. The summed E-state index contributed by atoms with van der Waals surface area (Å²) in [5.74, 6) is 0.305. The monoisotopic (exact) mass is 317 g/mol. The number of carbonyl (C=O) groups is 2. The first-order chi connectivity index (χ1) is 10.9. The van der Waals surface area contributed by atoms with Crippen LogP contribution in [0.25, 0.3) is 0 Å². The first-order valence-electron chi connectivity index (χ1n) is 8.30. The van der Waals surface area contributed by atoms with E-state index >= 15 is 0 Å². The highest BCUT2D eigenvalue weighted by Gasteiger charge is 2.22. The molecule has 126 valence electrons. The lowest BCUT2D eigenvalue weighted by Crippen LogP contribution is -2.50. The Bertz CT molecular complexity index is 532. The van der Waals surface area contributed by atoms with E-state index in [1.54, 1.807) is 4.90 Å². The third-order valence-corrected chi connectivity index (χ3v) is 4.00. The summed E-state index contributed by atoms with van der Waals surface area (Å²) in [4.78, 5) is 28.4. The molecule has 0 saturated carbocycles. The Morgan fingerprint density at radius 2 is 1.70 bits per heavy atom. The van der Waals surface area contributed by atoms with E-state index in [0.29, 0.717) is 19.0 Å². The zero-order chi connectivity index (χ0) is 16.8. The van der Waals surface area contributed by atoms with Gasteiger partial charge in [-0.25, -0.2) is 0 Å². The molecule has 1 aliphatic rings. The maximum Gasteiger partial charge on any atom is 0.233 e. The Balaban J connectivity index is 1.76. The quantitative estimate of drug-likeness (QED) is 0.847. The van der Waals surface area contributed by atoms with Crippen LogP contribution >= 0.6 is 0 Å². The van der Waals surface area contributed by atoms with Crippen molar-refractivity contribution < 1.29 is 9.59 Å². The highest BCUT2D eigenvalue weighted by atomic mass is 16.2. The molecule has 1 fully saturated rings. The lowest BCUT2D eigenvalue weighted by atomic mass is 10.2. The van der Waals surface area contributed by atoms with Gasteiger partial charge in [-0.1, -0.05) is 31.5 Å². The summed E-state index contributed by atoms with van der Waals surface area (Å²) in [5.41, 5.74) is 1.87. The van der Waals surface area contributed by atoms with Gasteiger partial charge in [0.2, 0.25) is 11.8 Å². The molecule has 23 heavy (non-hydrogen) atoms. The smallest absolute Gasteiger partial charge is 0.233 e. The number of carbonyl (C=O) groups excluding carboxylic acids is 2. The molecule has 0 aliphatic carbocycles. The molecule has 0 bridgehead atoms. The second-order valence-corrected chi connectivity index (χ2v) is 6.67. The maximum absolute atomic E-state index is 12.2. The van der Waals surface area contributed by atoms with Gasteiger partial charge in [0.05, 0.1) is 0 Å². The van der Waals surface area contributed by atoms with E-state index < -0.39 is 0 Å². The van der Waals surface area contributed by atoms with E-state index in [2.05, 4.69) is 24.1 Å². The molecule has 1 aliphatic heterocycles. The van der Waals surface area contributed by atoms with Crippen molar-refractivity contribution in [3.05, 3.63) is 29.8 Å². The molecule has 0 unspecified atom stereocenters. The minimum Gasteiger partial charge on any atom is -0.340 e. The van der Waals surface area contributed by atoms with Gasteiger partial charge in [-0.2, -0.15) is 0 Å². The Morgan fingerprint density at radius 3 is 2.26 bits per heavy atom. The van der Waals surface area contributed by atoms with Gasteiger partial charge in [0.1, 0.15) is 6.42 Å². The van der Waals surface area contributed by atoms with Crippen molar-refractivity contribution in [2.75, 3.05) is 38.0 Å². The van der Waals surface area contributed by atoms with Crippen LogP contribution in [0.5, 0.6) is 0 Å². The Morgan fingerprint density at radius 1 is 1.09 bits per heavy atom. The third kappa shape index (κ3) is 5.67. The molecule has 1 saturated heterocycles. The molecule has 1 aromatic carbocycles. The first kappa shape index (κ1) is 17.5. The fourth-order valence-electron chi connectivity index (χ4n) is 2.79. The normalized spacial score (nSPS) is 15.7. The van der Waals surface area contributed by atoms with Crippen LogP contribution in [-0.2, 0) is 9.59 Å². The highest BCUT2D eigenvalue weighted by Crippen LogP contribution is 2.10. The Kier molecular flexibility index (Phi) is 6.16. The van der Waals surface area contributed by atoms with E-state index in [4.69, 9.17) is 0 Å². The molecular formula is C18H27N3O2. The zero-order valence-electron chi connectivity index (χ0n) is 14.3. The Hall–Kier alpha value is -1.88. The standard InChI is InChI=1S/C18H27N3O2/c1-14(2)13-20-8-10-21(11-9-20)18(23)12-17(22)19-16-6-4-15(3)5-7-16/h4-7,14H,8-13H2,1-3H3,(H,19,22). The largest absolute Gasteiger partial charge is 0.340 e. The topological polar surface area (TPSA) is 52.7 Å². The molecule has 0 atom stereocenters. The molecule has 0 aromatic heterocycles. The van der Waals surface area contributed by atoms with Crippen LogP contribution < -0.4 is 5.32 Å². The minimum absolute atomic E-state index is 0.0844. The van der Waals surface area contributed by atoms with Crippen molar-refractivity contribution in [3.63, 3.8) is 0 Å². The number of amides is 2. The van der Waals surface area contributed by atoms with Crippen molar-refractivity contribution in [3.8, 4) is 0 Å². The number of hydrogen-bond acceptors (Lipinski definition) is 3. The van der Waals surface area contributed by atoms with Gasteiger partial charge in [0.25, 0.3) is 0 Å². The number of aryl methyl sites for hydroxylation is 1. The summed E-state index contributed by atoms with van der Waals surface area (Å²) >= 11 is 0. The molecule has 1 N–H and O–H groups in total. The van der Waals surface area contributed by atoms with E-state index in [1.807, 2.05) is 31.2 Å². The maximum atomic E-state index is 12.2. The van der Waals surface area contributed by atoms with Crippen LogP contribution in [0.2, 0.25) is 0 Å². The van der Waals surface area contributed by atoms with Gasteiger partial charge in [-0.05, 0) is 25.0 Å². The molecule has 5 nitrogen and oxygen atoms in total. The fraction of sp³-hybridized carbons (Fsp3) is 0.556. The van der Waals surface area contributed by atoms with Gasteiger partial charge in [0.15, 0.2) is 0 Å². The summed E-state index contributed by atoms with van der Waals surface area (Å²) in [6.07, 6.45) is -0.0853. The highest BCUT2D eigenvalue weighted by molar-refractivity contribution is 6.03. The van der Waals surface area contributed by atoms with Gasteiger partial charge < -0.3 is 10.2 Å². The summed E-state index contributed by atoms with van der Waals surface area (Å²) in [7, 11) is 0. The average Bonchev–Trinajstić information content (AvgIpc) is 2.49. The van der Waals surface area contributed by atoms with Gasteiger partial charge in [-0.15, -0.1) is 0 Å². The summed E-state index contributed by atoms with van der Waals surface area (Å²) in [5, 5.41) is 2.78. The summed E-state index contributed by atoms with van der Waals surface area (Å²) in [6.45, 7) is 10.7. The molecule has 2 rings (SSSR count). The molecule has 2 amide bonds. The lowest BCUT2D eigenvalue weighted by Gasteiger charge is -2.35. The van der Waals surface area contributed by atoms with Crippen molar-refractivity contribution in [1.82, 2.24) is 9.80 Å². The summed E-state index contributed by atoms with van der Waals surface area (Å²) in [6, 6.07) is 7.57. The van der Waals surface area contributed by atoms with Crippen LogP contribution in [0.3, 0.4) is 0 Å². The van der Waals surface area contributed by atoms with Gasteiger partial charge >= 0.3 is 0 Å². The molecular weight excluding hydrogens is 290 g/mol. The predicted molar refractivity (Wildman–Crippen MR) is 92.3 cm³/mol. The summed E-state index contributed by atoms with van der Waals surface area (Å²) < 4.78 is 0. The number of nitrogens with zero attached hydrogens (tertiary/aromatic N) is 2. The van der Waals surface area contributed by atoms with Crippen LogP contribution in [0.1, 0.15) is 25.8 Å². The molecule has 5 heteroatoms. The first-order valence-corrected chi connectivity index (χ1v) is 8.30. The number of anilines is 1. The second kappa shape index (κ2) is 8.11. The zero-order valence-corrected chi connectivity index (χ0v) is 14.3. The number of benzene rings is 1. The lowest BCUT2D eigenvalue weighted by molar-refractivity contribution is -0.136. The number of rotatable bonds is 5. The van der Waals surface area contributed by atoms with E-state index in [0.717, 1.165) is 30.9 Å². The number of nitrogens with one attached hydrogen (secondary N) is 1.